The number of alkyl halides is 1. The molecule has 3 nitrogen and oxygen atoms in total. The Morgan fingerprint density at radius 2 is 2.07 bits per heavy atom. The van der Waals surface area contributed by atoms with Crippen molar-refractivity contribution in [3.63, 3.8) is 0 Å². The molecule has 0 aromatic carbocycles. The fourth-order valence-corrected chi connectivity index (χ4v) is 5.66. The summed E-state index contributed by atoms with van der Waals surface area (Å²) in [6.07, 6.45) is 14.4. The zero-order valence-electron chi connectivity index (χ0n) is 18.8. The Hall–Kier alpha value is -1.52. The molecule has 0 amide bonds. The first-order chi connectivity index (χ1) is 14.0. The van der Waals surface area contributed by atoms with Gasteiger partial charge in [-0.25, -0.2) is 4.39 Å². The van der Waals surface area contributed by atoms with Gasteiger partial charge in [0.1, 0.15) is 0 Å². The Bertz CT molecular complexity index is 770. The number of aliphatic hydroxyl groups is 2. The van der Waals surface area contributed by atoms with E-state index >= 15 is 0 Å². The standard InChI is InChI=1S/C26H37FO3/c1-17(7-5-13-25(2,3)30)21-11-12-22-18(8-6-14-26(21,22)4)9-10-19-15-20(28)16-23(27)24(19)29/h5,9-13,17,20-23,28,30H,6-8,14-16H2,1-4H3/b13-5+,18-9+,19-10-. The first-order valence-electron chi connectivity index (χ1n) is 11.4. The lowest BCUT2D eigenvalue weighted by molar-refractivity contribution is -0.123. The molecule has 0 spiro atoms. The minimum atomic E-state index is -1.58. The predicted octanol–water partition coefficient (Wildman–Crippen LogP) is 5.25. The van der Waals surface area contributed by atoms with Crippen molar-refractivity contribution in [3.8, 4) is 0 Å². The summed E-state index contributed by atoms with van der Waals surface area (Å²) in [6.45, 7) is 8.22. The number of Topliss-reactive ketones (excluding diaryl/α,β-unsaturated/α-hetero) is 1. The minimum absolute atomic E-state index is 0.0857. The molecular formula is C26H37FO3. The summed E-state index contributed by atoms with van der Waals surface area (Å²) >= 11 is 0. The summed E-state index contributed by atoms with van der Waals surface area (Å²) in [5.41, 5.74) is 1.07. The van der Waals surface area contributed by atoms with Crippen LogP contribution >= 0.6 is 0 Å². The van der Waals surface area contributed by atoms with Crippen LogP contribution in [0, 0.1) is 23.2 Å². The lowest BCUT2D eigenvalue weighted by Crippen LogP contribution is -2.36. The third-order valence-corrected chi connectivity index (χ3v) is 7.24. The Balaban J connectivity index is 1.75. The van der Waals surface area contributed by atoms with Crippen LogP contribution in [0.4, 0.5) is 4.39 Å². The molecule has 0 radical (unpaired) electrons. The van der Waals surface area contributed by atoms with E-state index in [2.05, 4.69) is 32.1 Å². The third kappa shape index (κ3) is 5.03. The molecule has 6 atom stereocenters. The predicted molar refractivity (Wildman–Crippen MR) is 119 cm³/mol. The molecule has 0 aliphatic heterocycles. The average Bonchev–Trinajstić information content (AvgIpc) is 3.00. The van der Waals surface area contributed by atoms with Crippen LogP contribution in [-0.2, 0) is 4.79 Å². The number of aliphatic hydroxyl groups excluding tert-OH is 1. The topological polar surface area (TPSA) is 57.5 Å². The molecule has 6 unspecified atom stereocenters. The van der Waals surface area contributed by atoms with Crippen LogP contribution in [0.15, 0.2) is 47.6 Å². The van der Waals surface area contributed by atoms with E-state index in [4.69, 9.17) is 0 Å². The molecule has 0 aromatic heterocycles. The van der Waals surface area contributed by atoms with Crippen LogP contribution in [0.1, 0.15) is 66.2 Å². The largest absolute Gasteiger partial charge is 0.393 e. The fourth-order valence-electron chi connectivity index (χ4n) is 5.66. The lowest BCUT2D eigenvalue weighted by atomic mass is 9.60. The quantitative estimate of drug-likeness (QED) is 0.476. The van der Waals surface area contributed by atoms with Gasteiger partial charge < -0.3 is 10.2 Å². The van der Waals surface area contributed by atoms with Gasteiger partial charge in [0.2, 0.25) is 0 Å². The maximum atomic E-state index is 13.8. The van der Waals surface area contributed by atoms with Crippen molar-refractivity contribution < 1.29 is 19.4 Å². The van der Waals surface area contributed by atoms with E-state index < -0.39 is 23.7 Å². The van der Waals surface area contributed by atoms with Crippen LogP contribution in [-0.4, -0.2) is 33.9 Å². The van der Waals surface area contributed by atoms with E-state index in [-0.39, 0.29) is 18.3 Å². The Morgan fingerprint density at radius 1 is 1.33 bits per heavy atom. The monoisotopic (exact) mass is 416 g/mol. The fraction of sp³-hybridized carbons (Fsp3) is 0.654. The SMILES string of the molecule is CC(C/C=C/C(C)(C)O)C1C=CC2/C(=C/C=C3/CC(O)CC(F)C3=O)CCCC21C. The third-order valence-electron chi connectivity index (χ3n) is 7.24. The zero-order chi connectivity index (χ0) is 22.1. The highest BCUT2D eigenvalue weighted by atomic mass is 19.1. The van der Waals surface area contributed by atoms with Crippen molar-refractivity contribution >= 4 is 5.78 Å². The number of rotatable bonds is 5. The summed E-state index contributed by atoms with van der Waals surface area (Å²) in [5.74, 6) is 0.787. The molecular weight excluding hydrogens is 379 g/mol. The molecule has 30 heavy (non-hydrogen) atoms. The number of hydrogen-bond acceptors (Lipinski definition) is 3. The number of fused-ring (bicyclic) bond motifs is 1. The minimum Gasteiger partial charge on any atom is -0.393 e. The van der Waals surface area contributed by atoms with Crippen molar-refractivity contribution in [3.05, 3.63) is 47.6 Å². The number of carbonyl (C=O) groups is 1. The Morgan fingerprint density at radius 3 is 2.77 bits per heavy atom. The van der Waals surface area contributed by atoms with Crippen LogP contribution in [0.3, 0.4) is 0 Å². The summed E-state index contributed by atoms with van der Waals surface area (Å²) in [4.78, 5) is 12.1. The van der Waals surface area contributed by atoms with Gasteiger partial charge in [0.15, 0.2) is 12.0 Å². The van der Waals surface area contributed by atoms with Gasteiger partial charge in [-0.3, -0.25) is 4.79 Å². The van der Waals surface area contributed by atoms with Gasteiger partial charge in [-0.05, 0) is 56.8 Å². The average molecular weight is 417 g/mol. The zero-order valence-corrected chi connectivity index (χ0v) is 18.8. The second kappa shape index (κ2) is 8.92. The van der Waals surface area contributed by atoms with E-state index in [1.807, 2.05) is 12.2 Å². The molecule has 2 saturated carbocycles. The van der Waals surface area contributed by atoms with Crippen LogP contribution in [0.25, 0.3) is 0 Å². The number of ketones is 1. The molecule has 2 fully saturated rings. The van der Waals surface area contributed by atoms with Gasteiger partial charge in [-0.2, -0.15) is 0 Å². The van der Waals surface area contributed by atoms with Crippen molar-refractivity contribution in [2.24, 2.45) is 23.2 Å². The van der Waals surface area contributed by atoms with E-state index in [9.17, 15) is 19.4 Å². The number of carbonyl (C=O) groups excluding carboxylic acids is 1. The van der Waals surface area contributed by atoms with Crippen LogP contribution in [0.5, 0.6) is 0 Å². The van der Waals surface area contributed by atoms with Crippen molar-refractivity contribution in [1.29, 1.82) is 0 Å². The molecule has 166 valence electrons. The number of allylic oxidation sites excluding steroid dienone is 6. The number of hydrogen-bond donors (Lipinski definition) is 2. The summed E-state index contributed by atoms with van der Waals surface area (Å²) in [7, 11) is 0. The van der Waals surface area contributed by atoms with Crippen molar-refractivity contribution in [2.45, 2.75) is 84.1 Å². The smallest absolute Gasteiger partial charge is 0.193 e. The first kappa shape index (κ1) is 23.1. The van der Waals surface area contributed by atoms with E-state index in [1.165, 1.54) is 5.57 Å². The lowest BCUT2D eigenvalue weighted by Gasteiger charge is -2.44. The molecule has 0 bridgehead atoms. The summed E-state index contributed by atoms with van der Waals surface area (Å²) < 4.78 is 13.8. The second-order valence-electron chi connectivity index (χ2n) is 10.4. The van der Waals surface area contributed by atoms with Crippen molar-refractivity contribution in [2.75, 3.05) is 0 Å². The number of halogens is 1. The Kier molecular flexibility index (Phi) is 6.88. The molecule has 0 heterocycles. The molecule has 3 aliphatic carbocycles. The molecule has 2 N–H and O–H groups in total. The van der Waals surface area contributed by atoms with E-state index in [0.29, 0.717) is 23.3 Å². The van der Waals surface area contributed by atoms with E-state index in [1.54, 1.807) is 19.9 Å². The summed E-state index contributed by atoms with van der Waals surface area (Å²) in [5, 5.41) is 19.7. The maximum absolute atomic E-state index is 13.8. The van der Waals surface area contributed by atoms with E-state index in [0.717, 1.165) is 25.7 Å². The highest BCUT2D eigenvalue weighted by Gasteiger charge is 2.47. The molecule has 0 aromatic rings. The van der Waals surface area contributed by atoms with Gasteiger partial charge >= 0.3 is 0 Å². The summed E-state index contributed by atoms with van der Waals surface area (Å²) in [6, 6.07) is 0. The highest BCUT2D eigenvalue weighted by Crippen LogP contribution is 2.56. The molecule has 3 rings (SSSR count). The van der Waals surface area contributed by atoms with Gasteiger partial charge in [0.25, 0.3) is 0 Å². The maximum Gasteiger partial charge on any atom is 0.193 e. The Labute approximate surface area is 180 Å². The molecule has 4 heteroatoms. The highest BCUT2D eigenvalue weighted by molar-refractivity contribution is 5.99. The van der Waals surface area contributed by atoms with Gasteiger partial charge in [0, 0.05) is 24.3 Å². The normalized spacial score (nSPS) is 38.6. The van der Waals surface area contributed by atoms with Gasteiger partial charge in [0.05, 0.1) is 11.7 Å². The second-order valence-corrected chi connectivity index (χ2v) is 10.4. The molecule has 3 aliphatic rings. The van der Waals surface area contributed by atoms with Crippen LogP contribution < -0.4 is 0 Å². The van der Waals surface area contributed by atoms with Crippen molar-refractivity contribution in [1.82, 2.24) is 0 Å². The van der Waals surface area contributed by atoms with Crippen LogP contribution in [0.2, 0.25) is 0 Å². The first-order valence-corrected chi connectivity index (χ1v) is 11.4. The van der Waals surface area contributed by atoms with Gasteiger partial charge in [-0.1, -0.05) is 55.9 Å². The molecule has 0 saturated heterocycles. The van der Waals surface area contributed by atoms with Gasteiger partial charge in [-0.15, -0.1) is 0 Å².